The molecule has 0 spiro atoms. The average molecular weight is 327 g/mol. The van der Waals surface area contributed by atoms with Gasteiger partial charge in [-0.1, -0.05) is 69.3 Å². The maximum Gasteiger partial charge on any atom is 0.227 e. The van der Waals surface area contributed by atoms with Crippen LogP contribution in [-0.4, -0.2) is 4.98 Å². The van der Waals surface area contributed by atoms with Crippen LogP contribution in [0.2, 0.25) is 0 Å². The molecule has 4 rings (SSSR count). The van der Waals surface area contributed by atoms with Crippen LogP contribution in [0.4, 0.5) is 0 Å². The minimum Gasteiger partial charge on any atom is -0.438 e. The molecule has 2 nitrogen and oxygen atoms in total. The molecule has 25 heavy (non-hydrogen) atoms. The number of hydrogen-bond donors (Lipinski definition) is 0. The normalized spacial score (nSPS) is 11.8. The number of pyridine rings is 1. The lowest BCUT2D eigenvalue weighted by Crippen LogP contribution is -2.10. The number of fused-ring (bicyclic) bond motifs is 3. The second-order valence-corrected chi connectivity index (χ2v) is 7.38. The van der Waals surface area contributed by atoms with Crippen molar-refractivity contribution in [2.45, 2.75) is 26.2 Å². The van der Waals surface area contributed by atoms with Gasteiger partial charge in [0.05, 0.1) is 5.39 Å². The lowest BCUT2D eigenvalue weighted by Gasteiger charge is -2.19. The third kappa shape index (κ3) is 2.96. The zero-order valence-corrected chi connectivity index (χ0v) is 14.8. The quantitative estimate of drug-likeness (QED) is 0.393. The smallest absolute Gasteiger partial charge is 0.227 e. The zero-order valence-electron chi connectivity index (χ0n) is 14.8. The first-order valence-electron chi connectivity index (χ1n) is 8.57. The Labute approximate surface area is 148 Å². The van der Waals surface area contributed by atoms with Crippen molar-refractivity contribution in [3.8, 4) is 11.6 Å². The van der Waals surface area contributed by atoms with E-state index in [-0.39, 0.29) is 5.41 Å². The Balaban J connectivity index is 1.86. The molecular weight excluding hydrogens is 306 g/mol. The van der Waals surface area contributed by atoms with Gasteiger partial charge in [0.25, 0.3) is 0 Å². The van der Waals surface area contributed by atoms with Gasteiger partial charge >= 0.3 is 0 Å². The van der Waals surface area contributed by atoms with Crippen LogP contribution < -0.4 is 4.74 Å². The molecule has 0 saturated carbocycles. The lowest BCUT2D eigenvalue weighted by molar-refractivity contribution is 0.466. The molecule has 2 heteroatoms. The van der Waals surface area contributed by atoms with Crippen molar-refractivity contribution >= 4 is 21.5 Å². The SMILES string of the molecule is CC(C)(C)c1cccc(Oc2nccc3ccc4ccccc4c23)c1. The first kappa shape index (κ1) is 15.6. The third-order valence-electron chi connectivity index (χ3n) is 4.54. The molecule has 0 radical (unpaired) electrons. The number of aromatic nitrogens is 1. The predicted molar refractivity (Wildman–Crippen MR) is 104 cm³/mol. The third-order valence-corrected chi connectivity index (χ3v) is 4.54. The number of ether oxygens (including phenoxy) is 1. The van der Waals surface area contributed by atoms with Gasteiger partial charge in [0.2, 0.25) is 5.88 Å². The molecule has 0 aliphatic carbocycles. The summed E-state index contributed by atoms with van der Waals surface area (Å²) < 4.78 is 6.22. The molecule has 4 aromatic rings. The number of nitrogens with zero attached hydrogens (tertiary/aromatic N) is 1. The highest BCUT2D eigenvalue weighted by Crippen LogP contribution is 2.34. The Morgan fingerprint density at radius 2 is 1.60 bits per heavy atom. The minimum absolute atomic E-state index is 0.0816. The summed E-state index contributed by atoms with van der Waals surface area (Å²) in [6.07, 6.45) is 1.81. The highest BCUT2D eigenvalue weighted by Gasteiger charge is 2.15. The topological polar surface area (TPSA) is 22.1 Å². The summed E-state index contributed by atoms with van der Waals surface area (Å²) in [5.41, 5.74) is 1.33. The first-order chi connectivity index (χ1) is 12.0. The fraction of sp³-hybridized carbons (Fsp3) is 0.174. The van der Waals surface area contributed by atoms with Gasteiger partial charge in [-0.2, -0.15) is 0 Å². The Bertz CT molecular complexity index is 1060. The molecule has 0 aliphatic heterocycles. The van der Waals surface area contributed by atoms with E-state index in [2.05, 4.69) is 74.3 Å². The molecule has 124 valence electrons. The largest absolute Gasteiger partial charge is 0.438 e. The summed E-state index contributed by atoms with van der Waals surface area (Å²) in [7, 11) is 0. The minimum atomic E-state index is 0.0816. The van der Waals surface area contributed by atoms with Crippen LogP contribution in [0.15, 0.2) is 72.9 Å². The van der Waals surface area contributed by atoms with Crippen molar-refractivity contribution in [2.75, 3.05) is 0 Å². The van der Waals surface area contributed by atoms with Crippen molar-refractivity contribution in [2.24, 2.45) is 0 Å². The summed E-state index contributed by atoms with van der Waals surface area (Å²) >= 11 is 0. The van der Waals surface area contributed by atoms with Gasteiger partial charge in [-0.15, -0.1) is 0 Å². The molecule has 1 aromatic heterocycles. The highest BCUT2D eigenvalue weighted by atomic mass is 16.5. The fourth-order valence-electron chi connectivity index (χ4n) is 3.13. The van der Waals surface area contributed by atoms with E-state index in [0.29, 0.717) is 5.88 Å². The molecule has 0 fully saturated rings. The number of benzene rings is 3. The van der Waals surface area contributed by atoms with Crippen LogP contribution in [0.5, 0.6) is 11.6 Å². The van der Waals surface area contributed by atoms with Crippen LogP contribution in [-0.2, 0) is 5.41 Å². The number of rotatable bonds is 2. The van der Waals surface area contributed by atoms with E-state index in [1.807, 2.05) is 18.2 Å². The van der Waals surface area contributed by atoms with Crippen LogP contribution in [0.3, 0.4) is 0 Å². The van der Waals surface area contributed by atoms with E-state index >= 15 is 0 Å². The molecule has 0 unspecified atom stereocenters. The summed E-state index contributed by atoms with van der Waals surface area (Å²) in [6, 6.07) is 22.9. The molecule has 0 amide bonds. The van der Waals surface area contributed by atoms with Gasteiger partial charge in [-0.25, -0.2) is 4.98 Å². The zero-order chi connectivity index (χ0) is 17.4. The highest BCUT2D eigenvalue weighted by molar-refractivity contribution is 6.09. The fourth-order valence-corrected chi connectivity index (χ4v) is 3.13. The van der Waals surface area contributed by atoms with Crippen LogP contribution in [0, 0.1) is 0 Å². The lowest BCUT2D eigenvalue weighted by atomic mass is 9.87. The van der Waals surface area contributed by atoms with E-state index in [0.717, 1.165) is 21.9 Å². The maximum absolute atomic E-state index is 6.22. The summed E-state index contributed by atoms with van der Waals surface area (Å²) in [5, 5.41) is 4.55. The monoisotopic (exact) mass is 327 g/mol. The molecule has 0 aliphatic rings. The van der Waals surface area contributed by atoms with E-state index in [4.69, 9.17) is 4.74 Å². The second kappa shape index (κ2) is 5.89. The van der Waals surface area contributed by atoms with Crippen molar-refractivity contribution in [1.82, 2.24) is 4.98 Å². The van der Waals surface area contributed by atoms with Gasteiger partial charge < -0.3 is 4.74 Å². The van der Waals surface area contributed by atoms with Gasteiger partial charge in [-0.05, 0) is 45.3 Å². The van der Waals surface area contributed by atoms with Crippen molar-refractivity contribution in [3.63, 3.8) is 0 Å². The molecule has 0 saturated heterocycles. The van der Waals surface area contributed by atoms with Crippen LogP contribution >= 0.6 is 0 Å². The van der Waals surface area contributed by atoms with E-state index in [1.165, 1.54) is 10.9 Å². The maximum atomic E-state index is 6.22. The molecule has 0 N–H and O–H groups in total. The molecule has 3 aromatic carbocycles. The second-order valence-electron chi connectivity index (χ2n) is 7.38. The molecule has 1 heterocycles. The standard InChI is InChI=1S/C23H21NO/c1-23(2,3)18-8-6-9-19(15-18)25-22-21-17(13-14-24-22)12-11-16-7-4-5-10-20(16)21/h4-15H,1-3H3. The first-order valence-corrected chi connectivity index (χ1v) is 8.57. The van der Waals surface area contributed by atoms with Crippen molar-refractivity contribution < 1.29 is 4.74 Å². The summed E-state index contributed by atoms with van der Waals surface area (Å²) in [6.45, 7) is 6.61. The van der Waals surface area contributed by atoms with E-state index < -0.39 is 0 Å². The molecular formula is C23H21NO. The van der Waals surface area contributed by atoms with Crippen molar-refractivity contribution in [1.29, 1.82) is 0 Å². The van der Waals surface area contributed by atoms with Gasteiger partial charge in [0, 0.05) is 6.20 Å². The van der Waals surface area contributed by atoms with Crippen LogP contribution in [0.1, 0.15) is 26.3 Å². The number of hydrogen-bond acceptors (Lipinski definition) is 2. The molecule has 0 bridgehead atoms. The van der Waals surface area contributed by atoms with E-state index in [1.54, 1.807) is 6.20 Å². The van der Waals surface area contributed by atoms with Gasteiger partial charge in [-0.3, -0.25) is 0 Å². The summed E-state index contributed by atoms with van der Waals surface area (Å²) in [5.74, 6) is 1.47. The predicted octanol–water partition coefficient (Wildman–Crippen LogP) is 6.48. The van der Waals surface area contributed by atoms with Crippen molar-refractivity contribution in [3.05, 3.63) is 78.5 Å². The summed E-state index contributed by atoms with van der Waals surface area (Å²) in [4.78, 5) is 4.52. The average Bonchev–Trinajstić information content (AvgIpc) is 2.61. The Morgan fingerprint density at radius 3 is 2.44 bits per heavy atom. The van der Waals surface area contributed by atoms with Gasteiger partial charge in [0.1, 0.15) is 5.75 Å². The molecule has 0 atom stereocenters. The van der Waals surface area contributed by atoms with E-state index in [9.17, 15) is 0 Å². The Hall–Kier alpha value is -2.87. The Morgan fingerprint density at radius 1 is 0.800 bits per heavy atom. The van der Waals surface area contributed by atoms with Crippen LogP contribution in [0.25, 0.3) is 21.5 Å². The van der Waals surface area contributed by atoms with Gasteiger partial charge in [0.15, 0.2) is 0 Å². The Kier molecular flexibility index (Phi) is 3.69.